The number of ether oxygens (including phenoxy) is 2. The molecule has 3 heterocycles. The summed E-state index contributed by atoms with van der Waals surface area (Å²) >= 11 is 0. The number of benzene rings is 2. The summed E-state index contributed by atoms with van der Waals surface area (Å²) in [5.41, 5.74) is 3.51. The quantitative estimate of drug-likeness (QED) is 0.447. The van der Waals surface area contributed by atoms with Crippen LogP contribution in [0.2, 0.25) is 0 Å². The first kappa shape index (κ1) is 21.5. The highest BCUT2D eigenvalue weighted by atomic mass is 16.5. The zero-order chi connectivity index (χ0) is 24.0. The molecule has 2 aromatic rings. The lowest BCUT2D eigenvalue weighted by Gasteiger charge is -2.07. The van der Waals surface area contributed by atoms with E-state index >= 15 is 0 Å². The number of hydrogen-bond acceptors (Lipinski definition) is 4. The molecule has 10 rings (SSSR count). The molecule has 0 amide bonds. The van der Waals surface area contributed by atoms with Gasteiger partial charge in [-0.15, -0.1) is 0 Å². The molecular weight excluding hydrogens is 448 g/mol. The highest BCUT2D eigenvalue weighted by molar-refractivity contribution is 5.90. The van der Waals surface area contributed by atoms with E-state index in [4.69, 9.17) is 9.47 Å². The predicted octanol–water partition coefficient (Wildman–Crippen LogP) is 5.79. The van der Waals surface area contributed by atoms with Crippen LogP contribution in [0.15, 0.2) is 48.5 Å². The second-order valence-electron chi connectivity index (χ2n) is 12.8. The average molecular weight is 483 g/mol. The SMILES string of the molecule is O=C1OCC2CC2C2CC2C2CC2C2CC2C2CC2COC(=O)c2ccc(cc2)Cc2ccc1cc2. The molecule has 4 nitrogen and oxygen atoms in total. The fourth-order valence-corrected chi connectivity index (χ4v) is 7.92. The van der Waals surface area contributed by atoms with E-state index in [0.29, 0.717) is 36.2 Å². The summed E-state index contributed by atoms with van der Waals surface area (Å²) in [6.45, 7) is 1.17. The van der Waals surface area contributed by atoms with Gasteiger partial charge in [-0.3, -0.25) is 0 Å². The summed E-state index contributed by atoms with van der Waals surface area (Å²) in [4.78, 5) is 25.2. The van der Waals surface area contributed by atoms with Crippen molar-refractivity contribution in [2.24, 2.45) is 59.2 Å². The fourth-order valence-electron chi connectivity index (χ4n) is 7.92. The standard InChI is InChI=1S/C32H34O4/c33-31-19-5-1-17(2-6-19)9-18-3-7-20(8-4-18)32(34)36-16-22-11-24(22)26-13-28(26)30-14-29(30)27-12-25(27)23-10-21(23)15-35-31/h1-8,21-30H,9-16H2. The number of hydrogen-bond donors (Lipinski definition) is 0. The van der Waals surface area contributed by atoms with Gasteiger partial charge in [-0.05, 0) is 133 Å². The van der Waals surface area contributed by atoms with Crippen molar-refractivity contribution in [2.75, 3.05) is 13.2 Å². The van der Waals surface area contributed by atoms with Crippen LogP contribution in [0.25, 0.3) is 0 Å². The normalized spacial score (nSPS) is 42.1. The van der Waals surface area contributed by atoms with E-state index in [1.807, 2.05) is 48.5 Å². The molecule has 10 unspecified atom stereocenters. The van der Waals surface area contributed by atoms with Gasteiger partial charge in [-0.25, -0.2) is 9.59 Å². The third-order valence-electron chi connectivity index (χ3n) is 10.5. The number of fused-ring (bicyclic) bond motifs is 2. The molecule has 0 spiro atoms. The van der Waals surface area contributed by atoms with Gasteiger partial charge in [0, 0.05) is 0 Å². The topological polar surface area (TPSA) is 52.6 Å². The molecule has 2 aromatic carbocycles. The van der Waals surface area contributed by atoms with Gasteiger partial charge in [0.1, 0.15) is 0 Å². The average Bonchev–Trinajstić information content (AvgIpc) is 3.71. The minimum Gasteiger partial charge on any atom is -0.462 e. The van der Waals surface area contributed by atoms with Crippen LogP contribution >= 0.6 is 0 Å². The molecule has 10 atom stereocenters. The summed E-state index contributed by atoms with van der Waals surface area (Å²) in [5, 5.41) is 0. The Bertz CT molecular complexity index is 1110. The van der Waals surface area contributed by atoms with Crippen molar-refractivity contribution in [1.29, 1.82) is 0 Å². The minimum absolute atomic E-state index is 0.201. The molecule has 0 saturated heterocycles. The van der Waals surface area contributed by atoms with Gasteiger partial charge in [-0.2, -0.15) is 0 Å². The van der Waals surface area contributed by atoms with Gasteiger partial charge >= 0.3 is 11.9 Å². The van der Waals surface area contributed by atoms with Gasteiger partial charge in [0.05, 0.1) is 24.3 Å². The molecule has 3 aliphatic heterocycles. The summed E-state index contributed by atoms with van der Waals surface area (Å²) in [6.07, 6.45) is 7.53. The van der Waals surface area contributed by atoms with Gasteiger partial charge in [0.15, 0.2) is 0 Å². The summed E-state index contributed by atoms with van der Waals surface area (Å²) in [6, 6.07) is 15.5. The monoisotopic (exact) mass is 482 g/mol. The van der Waals surface area contributed by atoms with Crippen molar-refractivity contribution in [1.82, 2.24) is 0 Å². The van der Waals surface area contributed by atoms with Gasteiger partial charge in [-0.1, -0.05) is 24.3 Å². The number of carbonyl (C=O) groups excluding carboxylic acids is 2. The van der Waals surface area contributed by atoms with Crippen LogP contribution in [0.1, 0.15) is 63.9 Å². The van der Waals surface area contributed by atoms with Gasteiger partial charge in [0.25, 0.3) is 0 Å². The lowest BCUT2D eigenvalue weighted by molar-refractivity contribution is 0.0469. The van der Waals surface area contributed by atoms with Crippen LogP contribution < -0.4 is 0 Å². The van der Waals surface area contributed by atoms with Crippen LogP contribution in [0.3, 0.4) is 0 Å². The Morgan fingerprint density at radius 1 is 0.472 bits per heavy atom. The summed E-state index contributed by atoms with van der Waals surface area (Å²) in [7, 11) is 0. The molecular formula is C32H34O4. The highest BCUT2D eigenvalue weighted by Gasteiger charge is 2.66. The number of carbonyl (C=O) groups is 2. The Morgan fingerprint density at radius 2 is 0.833 bits per heavy atom. The van der Waals surface area contributed by atoms with E-state index in [1.54, 1.807) is 0 Å². The van der Waals surface area contributed by atoms with Gasteiger partial charge in [0.2, 0.25) is 0 Å². The molecule has 4 bridgehead atoms. The van der Waals surface area contributed by atoms with Crippen LogP contribution in [0.4, 0.5) is 0 Å². The zero-order valence-electron chi connectivity index (χ0n) is 20.7. The Labute approximate surface area is 212 Å². The largest absolute Gasteiger partial charge is 0.462 e. The van der Waals surface area contributed by atoms with Crippen LogP contribution in [-0.2, 0) is 15.9 Å². The smallest absolute Gasteiger partial charge is 0.338 e. The molecule has 0 N–H and O–H groups in total. The van der Waals surface area contributed by atoms with E-state index in [0.717, 1.165) is 64.9 Å². The summed E-state index contributed by atoms with van der Waals surface area (Å²) in [5.74, 6) is 8.00. The fraction of sp³-hybridized carbons (Fsp3) is 0.562. The zero-order valence-corrected chi connectivity index (χ0v) is 20.7. The van der Waals surface area contributed by atoms with E-state index in [9.17, 15) is 9.59 Å². The second-order valence-corrected chi connectivity index (χ2v) is 12.8. The lowest BCUT2D eigenvalue weighted by Crippen LogP contribution is -2.09. The maximum Gasteiger partial charge on any atom is 0.338 e. The van der Waals surface area contributed by atoms with E-state index < -0.39 is 0 Å². The first-order valence-electron chi connectivity index (χ1n) is 14.1. The van der Waals surface area contributed by atoms with Crippen LogP contribution in [-0.4, -0.2) is 25.2 Å². The Morgan fingerprint density at radius 3 is 1.22 bits per heavy atom. The maximum absolute atomic E-state index is 12.6. The molecule has 5 aliphatic carbocycles. The van der Waals surface area contributed by atoms with Crippen molar-refractivity contribution in [2.45, 2.75) is 38.5 Å². The molecule has 4 heteroatoms. The lowest BCUT2D eigenvalue weighted by atomic mass is 10.0. The van der Waals surface area contributed by atoms with Crippen LogP contribution in [0.5, 0.6) is 0 Å². The van der Waals surface area contributed by atoms with Crippen molar-refractivity contribution in [3.05, 3.63) is 70.8 Å². The molecule has 186 valence electrons. The third kappa shape index (κ3) is 3.97. The van der Waals surface area contributed by atoms with E-state index in [-0.39, 0.29) is 11.9 Å². The number of esters is 2. The van der Waals surface area contributed by atoms with E-state index in [2.05, 4.69) is 0 Å². The highest BCUT2D eigenvalue weighted by Crippen LogP contribution is 2.72. The molecule has 5 fully saturated rings. The first-order valence-corrected chi connectivity index (χ1v) is 14.1. The minimum atomic E-state index is -0.201. The first-order chi connectivity index (χ1) is 17.6. The second kappa shape index (κ2) is 7.94. The van der Waals surface area contributed by atoms with Gasteiger partial charge < -0.3 is 9.47 Å². The number of rotatable bonds is 0. The Hall–Kier alpha value is -2.62. The summed E-state index contributed by atoms with van der Waals surface area (Å²) < 4.78 is 11.4. The molecule has 36 heavy (non-hydrogen) atoms. The van der Waals surface area contributed by atoms with Crippen molar-refractivity contribution >= 4 is 11.9 Å². The van der Waals surface area contributed by atoms with E-state index in [1.165, 1.54) is 32.1 Å². The van der Waals surface area contributed by atoms with Crippen molar-refractivity contribution < 1.29 is 19.1 Å². The maximum atomic E-state index is 12.6. The Balaban J connectivity index is 0.967. The molecule has 5 saturated carbocycles. The molecule has 8 aliphatic rings. The van der Waals surface area contributed by atoms with Crippen molar-refractivity contribution in [3.8, 4) is 0 Å². The van der Waals surface area contributed by atoms with Crippen LogP contribution in [0, 0.1) is 59.2 Å². The van der Waals surface area contributed by atoms with Crippen molar-refractivity contribution in [3.63, 3.8) is 0 Å². The third-order valence-corrected chi connectivity index (χ3v) is 10.5. The molecule has 0 aromatic heterocycles. The predicted molar refractivity (Wildman–Crippen MR) is 134 cm³/mol. The Kier molecular flexibility index (Phi) is 4.73. The molecule has 0 radical (unpaired) electrons.